The topological polar surface area (TPSA) is 58.6 Å². The van der Waals surface area contributed by atoms with Crippen molar-refractivity contribution in [2.75, 3.05) is 7.11 Å². The lowest BCUT2D eigenvalue weighted by Gasteiger charge is -2.26. The Labute approximate surface area is 124 Å². The summed E-state index contributed by atoms with van der Waals surface area (Å²) in [6.07, 6.45) is 5.63. The zero-order chi connectivity index (χ0) is 14.5. The monoisotopic (exact) mass is 297 g/mol. The molecule has 1 aliphatic rings. The van der Waals surface area contributed by atoms with Crippen molar-refractivity contribution in [3.05, 3.63) is 28.8 Å². The van der Waals surface area contributed by atoms with Crippen LogP contribution in [0, 0.1) is 0 Å². The first-order valence-electron chi connectivity index (χ1n) is 6.94. The van der Waals surface area contributed by atoms with Gasteiger partial charge in [0.1, 0.15) is 11.8 Å². The third-order valence-corrected chi connectivity index (χ3v) is 4.06. The predicted molar refractivity (Wildman–Crippen MR) is 78.4 cm³/mol. The van der Waals surface area contributed by atoms with Crippen LogP contribution >= 0.6 is 11.6 Å². The van der Waals surface area contributed by atoms with Gasteiger partial charge in [-0.15, -0.1) is 0 Å². The Balaban J connectivity index is 2.15. The first kappa shape index (κ1) is 15.1. The number of carboxylic acids is 1. The Morgan fingerprint density at radius 1 is 1.40 bits per heavy atom. The van der Waals surface area contributed by atoms with Crippen LogP contribution in [-0.2, 0) is 4.79 Å². The summed E-state index contributed by atoms with van der Waals surface area (Å²) in [5, 5.41) is 13.1. The largest absolute Gasteiger partial charge is 0.495 e. The molecule has 20 heavy (non-hydrogen) atoms. The maximum atomic E-state index is 11.5. The summed E-state index contributed by atoms with van der Waals surface area (Å²) in [5.41, 5.74) is 0.661. The molecule has 0 saturated heterocycles. The number of hydrogen-bond donors (Lipinski definition) is 2. The molecule has 1 fully saturated rings. The summed E-state index contributed by atoms with van der Waals surface area (Å²) in [6, 6.07) is 4.66. The lowest BCUT2D eigenvalue weighted by Crippen LogP contribution is -2.38. The van der Waals surface area contributed by atoms with E-state index in [1.807, 2.05) is 0 Å². The SMILES string of the molecule is COc1ccc(C(NC2CCCCC2)C(=O)O)cc1Cl. The Bertz CT molecular complexity index is 472. The van der Waals surface area contributed by atoms with Crippen molar-refractivity contribution in [2.24, 2.45) is 0 Å². The van der Waals surface area contributed by atoms with E-state index < -0.39 is 12.0 Å². The van der Waals surface area contributed by atoms with Gasteiger partial charge in [0.05, 0.1) is 12.1 Å². The number of ether oxygens (including phenoxy) is 1. The molecule has 4 nitrogen and oxygen atoms in total. The number of benzene rings is 1. The molecule has 5 heteroatoms. The fraction of sp³-hybridized carbons (Fsp3) is 0.533. The lowest BCUT2D eigenvalue weighted by atomic mass is 9.94. The van der Waals surface area contributed by atoms with E-state index in [-0.39, 0.29) is 6.04 Å². The van der Waals surface area contributed by atoms with Crippen molar-refractivity contribution in [3.63, 3.8) is 0 Å². The number of rotatable bonds is 5. The zero-order valence-corrected chi connectivity index (χ0v) is 12.3. The highest BCUT2D eigenvalue weighted by Crippen LogP contribution is 2.29. The highest BCUT2D eigenvalue weighted by molar-refractivity contribution is 6.32. The highest BCUT2D eigenvalue weighted by Gasteiger charge is 2.25. The van der Waals surface area contributed by atoms with E-state index in [9.17, 15) is 9.90 Å². The van der Waals surface area contributed by atoms with Gasteiger partial charge in [-0.25, -0.2) is 0 Å². The van der Waals surface area contributed by atoms with Gasteiger partial charge in [0.25, 0.3) is 0 Å². The quantitative estimate of drug-likeness (QED) is 0.874. The fourth-order valence-corrected chi connectivity index (χ4v) is 2.94. The second-order valence-electron chi connectivity index (χ2n) is 5.17. The number of hydrogen-bond acceptors (Lipinski definition) is 3. The first-order chi connectivity index (χ1) is 9.61. The van der Waals surface area contributed by atoms with Crippen molar-refractivity contribution < 1.29 is 14.6 Å². The van der Waals surface area contributed by atoms with E-state index in [1.54, 1.807) is 18.2 Å². The zero-order valence-electron chi connectivity index (χ0n) is 11.6. The summed E-state index contributed by atoms with van der Waals surface area (Å²) in [6.45, 7) is 0. The molecule has 0 amide bonds. The number of methoxy groups -OCH3 is 1. The van der Waals surface area contributed by atoms with Gasteiger partial charge < -0.3 is 9.84 Å². The summed E-state index contributed by atoms with van der Waals surface area (Å²) in [4.78, 5) is 11.5. The molecule has 1 unspecified atom stereocenters. The molecule has 0 radical (unpaired) electrons. The second kappa shape index (κ2) is 6.95. The van der Waals surface area contributed by atoms with E-state index in [2.05, 4.69) is 5.32 Å². The molecule has 0 aliphatic heterocycles. The van der Waals surface area contributed by atoms with E-state index in [4.69, 9.17) is 16.3 Å². The Morgan fingerprint density at radius 2 is 2.10 bits per heavy atom. The van der Waals surface area contributed by atoms with Crippen LogP contribution in [0.25, 0.3) is 0 Å². The molecule has 1 atom stereocenters. The van der Waals surface area contributed by atoms with Gasteiger partial charge in [-0.3, -0.25) is 10.1 Å². The number of halogens is 1. The van der Waals surface area contributed by atoms with Crippen molar-refractivity contribution in [1.82, 2.24) is 5.32 Å². The van der Waals surface area contributed by atoms with Gasteiger partial charge >= 0.3 is 5.97 Å². The molecule has 1 aromatic rings. The van der Waals surface area contributed by atoms with Gasteiger partial charge in [-0.2, -0.15) is 0 Å². The van der Waals surface area contributed by atoms with Crippen molar-refractivity contribution in [1.29, 1.82) is 0 Å². The van der Waals surface area contributed by atoms with Gasteiger partial charge in [0.15, 0.2) is 0 Å². The summed E-state index contributed by atoms with van der Waals surface area (Å²) < 4.78 is 5.09. The highest BCUT2D eigenvalue weighted by atomic mass is 35.5. The summed E-state index contributed by atoms with van der Waals surface area (Å²) >= 11 is 6.08. The minimum atomic E-state index is -0.878. The third kappa shape index (κ3) is 3.64. The molecule has 110 valence electrons. The molecular weight excluding hydrogens is 278 g/mol. The van der Waals surface area contributed by atoms with Gasteiger partial charge in [0, 0.05) is 6.04 Å². The molecule has 0 spiro atoms. The molecule has 0 bridgehead atoms. The number of carbonyl (C=O) groups is 1. The summed E-state index contributed by atoms with van der Waals surface area (Å²) in [5.74, 6) is -0.325. The Kier molecular flexibility index (Phi) is 5.26. The van der Waals surface area contributed by atoms with Crippen molar-refractivity contribution in [2.45, 2.75) is 44.2 Å². The standard InChI is InChI=1S/C15H20ClNO3/c1-20-13-8-7-10(9-12(13)16)14(15(18)19)17-11-5-3-2-4-6-11/h7-9,11,14,17H,2-6H2,1H3,(H,18,19). The van der Waals surface area contributed by atoms with E-state index in [1.165, 1.54) is 13.5 Å². The molecule has 2 N–H and O–H groups in total. The number of nitrogens with one attached hydrogen (secondary N) is 1. The van der Waals surface area contributed by atoms with Crippen LogP contribution in [-0.4, -0.2) is 24.2 Å². The average Bonchev–Trinajstić information content (AvgIpc) is 2.45. The molecule has 0 heterocycles. The second-order valence-corrected chi connectivity index (χ2v) is 5.57. The van der Waals surface area contributed by atoms with Crippen molar-refractivity contribution >= 4 is 17.6 Å². The molecule has 1 aromatic carbocycles. The molecule has 2 rings (SSSR count). The minimum absolute atomic E-state index is 0.269. The fourth-order valence-electron chi connectivity index (χ4n) is 2.68. The van der Waals surface area contributed by atoms with Crippen LogP contribution in [0.5, 0.6) is 5.75 Å². The van der Waals surface area contributed by atoms with E-state index >= 15 is 0 Å². The maximum absolute atomic E-state index is 11.5. The maximum Gasteiger partial charge on any atom is 0.325 e. The molecular formula is C15H20ClNO3. The van der Waals surface area contributed by atoms with Crippen LogP contribution in [0.2, 0.25) is 5.02 Å². The number of carboxylic acid groups (broad SMARTS) is 1. The predicted octanol–water partition coefficient (Wildman–Crippen LogP) is 3.40. The lowest BCUT2D eigenvalue weighted by molar-refractivity contribution is -0.140. The third-order valence-electron chi connectivity index (χ3n) is 3.76. The smallest absolute Gasteiger partial charge is 0.325 e. The minimum Gasteiger partial charge on any atom is -0.495 e. The normalized spacial score (nSPS) is 17.7. The average molecular weight is 298 g/mol. The van der Waals surface area contributed by atoms with Gasteiger partial charge in [-0.05, 0) is 30.5 Å². The number of aliphatic carboxylic acids is 1. The molecule has 1 saturated carbocycles. The van der Waals surface area contributed by atoms with Gasteiger partial charge in [-0.1, -0.05) is 36.9 Å². The molecule has 0 aromatic heterocycles. The van der Waals surface area contributed by atoms with Crippen LogP contribution in [0.3, 0.4) is 0 Å². The Hall–Kier alpha value is -1.26. The van der Waals surface area contributed by atoms with Crippen LogP contribution in [0.1, 0.15) is 43.7 Å². The molecule has 1 aliphatic carbocycles. The van der Waals surface area contributed by atoms with Gasteiger partial charge in [0.2, 0.25) is 0 Å². The first-order valence-corrected chi connectivity index (χ1v) is 7.32. The van der Waals surface area contributed by atoms with E-state index in [0.717, 1.165) is 25.7 Å². The van der Waals surface area contributed by atoms with Crippen LogP contribution < -0.4 is 10.1 Å². The summed E-state index contributed by atoms with van der Waals surface area (Å²) in [7, 11) is 1.54. The van der Waals surface area contributed by atoms with Crippen LogP contribution in [0.4, 0.5) is 0 Å². The van der Waals surface area contributed by atoms with Crippen molar-refractivity contribution in [3.8, 4) is 5.75 Å². The van der Waals surface area contributed by atoms with E-state index in [0.29, 0.717) is 16.3 Å². The Morgan fingerprint density at radius 3 is 2.65 bits per heavy atom. The van der Waals surface area contributed by atoms with Crippen LogP contribution in [0.15, 0.2) is 18.2 Å².